The van der Waals surface area contributed by atoms with Gasteiger partial charge in [0.1, 0.15) is 11.4 Å². The molecule has 3 N–H and O–H groups in total. The maximum atomic E-state index is 13.8. The lowest BCUT2D eigenvalue weighted by Crippen LogP contribution is -2.36. The molecule has 0 saturated carbocycles. The largest absolute Gasteiger partial charge is 0.410 e. The minimum atomic E-state index is -4.52. The van der Waals surface area contributed by atoms with E-state index in [0.717, 1.165) is 16.4 Å². The summed E-state index contributed by atoms with van der Waals surface area (Å²) in [6.07, 6.45) is -4.34. The average Bonchev–Trinajstić information content (AvgIpc) is 3.17. The van der Waals surface area contributed by atoms with Gasteiger partial charge in [0.05, 0.1) is 18.3 Å². The minimum Gasteiger partial charge on any atom is -0.389 e. The van der Waals surface area contributed by atoms with E-state index in [2.05, 4.69) is 15.7 Å². The van der Waals surface area contributed by atoms with E-state index in [1.165, 1.54) is 0 Å². The number of nitrogens with one attached hydrogen (secondary N) is 2. The van der Waals surface area contributed by atoms with Crippen LogP contribution in [0, 0.1) is 6.92 Å². The molecule has 168 valence electrons. The first kappa shape index (κ1) is 21.9. The zero-order chi connectivity index (χ0) is 23.0. The summed E-state index contributed by atoms with van der Waals surface area (Å²) >= 11 is 0. The van der Waals surface area contributed by atoms with Gasteiger partial charge in [-0.3, -0.25) is 4.79 Å². The Labute approximate surface area is 183 Å². The molecule has 0 aliphatic carbocycles. The van der Waals surface area contributed by atoms with Gasteiger partial charge in [0.15, 0.2) is 6.04 Å². The normalized spacial score (nSPS) is 19.1. The zero-order valence-electron chi connectivity index (χ0n) is 17.5. The summed E-state index contributed by atoms with van der Waals surface area (Å²) in [6, 6.07) is 11.4. The first-order chi connectivity index (χ1) is 15.1. The summed E-state index contributed by atoms with van der Waals surface area (Å²) < 4.78 is 42.4. The maximum Gasteiger partial charge on any atom is 0.410 e. The lowest BCUT2D eigenvalue weighted by atomic mass is 9.96. The maximum absolute atomic E-state index is 13.8. The van der Waals surface area contributed by atoms with Gasteiger partial charge in [-0.05, 0) is 37.1 Å². The van der Waals surface area contributed by atoms with Crippen molar-refractivity contribution in [3.63, 3.8) is 0 Å². The fourth-order valence-electron chi connectivity index (χ4n) is 3.82. The topological polar surface area (TPSA) is 79.2 Å². The van der Waals surface area contributed by atoms with E-state index in [0.29, 0.717) is 16.8 Å². The zero-order valence-corrected chi connectivity index (χ0v) is 17.5. The van der Waals surface area contributed by atoms with Gasteiger partial charge < -0.3 is 15.7 Å². The Morgan fingerprint density at radius 3 is 2.62 bits per heavy atom. The van der Waals surface area contributed by atoms with Crippen molar-refractivity contribution in [2.75, 3.05) is 10.6 Å². The molecule has 0 bridgehead atoms. The molecule has 0 radical (unpaired) electrons. The van der Waals surface area contributed by atoms with Crippen LogP contribution in [0.3, 0.4) is 0 Å². The molecule has 9 heteroatoms. The van der Waals surface area contributed by atoms with E-state index in [9.17, 15) is 23.1 Å². The number of anilines is 2. The van der Waals surface area contributed by atoms with Crippen molar-refractivity contribution >= 4 is 17.4 Å². The van der Waals surface area contributed by atoms with Gasteiger partial charge >= 0.3 is 6.18 Å². The van der Waals surface area contributed by atoms with E-state index < -0.39 is 30.3 Å². The molecule has 2 heterocycles. The number of rotatable bonds is 4. The molecule has 3 aromatic rings. The first-order valence-electron chi connectivity index (χ1n) is 10.2. The van der Waals surface area contributed by atoms with Crippen molar-refractivity contribution in [2.45, 2.75) is 44.6 Å². The van der Waals surface area contributed by atoms with E-state index in [1.807, 2.05) is 19.1 Å². The Hall–Kier alpha value is -3.33. The number of hydrogen-bond donors (Lipinski definition) is 3. The minimum absolute atomic E-state index is 0.0125. The highest BCUT2D eigenvalue weighted by atomic mass is 19.4. The highest BCUT2D eigenvalue weighted by molar-refractivity contribution is 6.07. The average molecular weight is 444 g/mol. The molecular formula is C23H23F3N4O2. The predicted molar refractivity (Wildman–Crippen MR) is 115 cm³/mol. The van der Waals surface area contributed by atoms with Crippen molar-refractivity contribution < 1.29 is 23.1 Å². The third kappa shape index (κ3) is 4.34. The summed E-state index contributed by atoms with van der Waals surface area (Å²) in [6.45, 7) is 3.50. The number of amides is 1. The van der Waals surface area contributed by atoms with Crippen molar-refractivity contribution in [1.82, 2.24) is 9.78 Å². The van der Waals surface area contributed by atoms with E-state index in [-0.39, 0.29) is 17.8 Å². The van der Waals surface area contributed by atoms with Crippen LogP contribution in [-0.2, 0) is 0 Å². The number of alkyl halides is 3. The second kappa shape index (κ2) is 8.31. The van der Waals surface area contributed by atoms with Crippen molar-refractivity contribution in [3.05, 3.63) is 77.0 Å². The Morgan fingerprint density at radius 1 is 1.25 bits per heavy atom. The van der Waals surface area contributed by atoms with Gasteiger partial charge in [0, 0.05) is 12.1 Å². The number of benzene rings is 2. The lowest BCUT2D eigenvalue weighted by Gasteiger charge is -2.34. The molecule has 0 unspecified atom stereocenters. The third-order valence-corrected chi connectivity index (χ3v) is 5.59. The lowest BCUT2D eigenvalue weighted by molar-refractivity contribution is -0.173. The summed E-state index contributed by atoms with van der Waals surface area (Å²) in [5.74, 6) is -0.569. The quantitative estimate of drug-likeness (QED) is 0.520. The number of hydrogen-bond acceptors (Lipinski definition) is 4. The Balaban J connectivity index is 1.67. The molecule has 1 aliphatic rings. The summed E-state index contributed by atoms with van der Waals surface area (Å²) in [7, 11) is 0. The summed E-state index contributed by atoms with van der Waals surface area (Å²) in [5, 5.41) is 19.4. The van der Waals surface area contributed by atoms with Gasteiger partial charge in [-0.15, -0.1) is 0 Å². The third-order valence-electron chi connectivity index (χ3n) is 5.59. The monoisotopic (exact) mass is 444 g/mol. The van der Waals surface area contributed by atoms with Crippen molar-refractivity contribution in [1.29, 1.82) is 0 Å². The molecule has 0 saturated heterocycles. The van der Waals surface area contributed by atoms with Crippen LogP contribution in [0.1, 0.15) is 58.6 Å². The number of aliphatic hydroxyl groups is 1. The number of halogens is 3. The molecule has 4 rings (SSSR count). The van der Waals surface area contributed by atoms with Crippen LogP contribution in [0.5, 0.6) is 0 Å². The fraction of sp³-hybridized carbons (Fsp3) is 0.304. The summed E-state index contributed by atoms with van der Waals surface area (Å²) in [4.78, 5) is 12.9. The SMILES string of the molecule is Cc1ccc([C@@H]2C[C@@H](C(F)(F)F)n3ncc(C(=O)Nc4cccc([C@@H](C)O)c4)c3N2)cc1. The van der Waals surface area contributed by atoms with E-state index >= 15 is 0 Å². The van der Waals surface area contributed by atoms with Crippen LogP contribution in [0.15, 0.2) is 54.7 Å². The van der Waals surface area contributed by atoms with Crippen molar-refractivity contribution in [3.8, 4) is 0 Å². The van der Waals surface area contributed by atoms with Gasteiger partial charge in [-0.1, -0.05) is 42.0 Å². The van der Waals surface area contributed by atoms with E-state index in [4.69, 9.17) is 0 Å². The van der Waals surface area contributed by atoms with Crippen LogP contribution in [0.4, 0.5) is 24.7 Å². The Bertz CT molecular complexity index is 1120. The molecular weight excluding hydrogens is 421 g/mol. The van der Waals surface area contributed by atoms with Crippen LogP contribution in [-0.4, -0.2) is 27.0 Å². The smallest absolute Gasteiger partial charge is 0.389 e. The van der Waals surface area contributed by atoms with Gasteiger partial charge in [-0.2, -0.15) is 18.3 Å². The number of aromatic nitrogens is 2. The second-order valence-electron chi connectivity index (χ2n) is 8.01. The Kier molecular flexibility index (Phi) is 5.68. The van der Waals surface area contributed by atoms with Gasteiger partial charge in [0.2, 0.25) is 0 Å². The summed E-state index contributed by atoms with van der Waals surface area (Å²) in [5.41, 5.74) is 2.74. The highest BCUT2D eigenvalue weighted by Crippen LogP contribution is 2.44. The molecule has 1 aromatic heterocycles. The number of carbonyl (C=O) groups excluding carboxylic acids is 1. The number of carbonyl (C=O) groups is 1. The number of fused-ring (bicyclic) bond motifs is 1. The molecule has 32 heavy (non-hydrogen) atoms. The molecule has 2 aromatic carbocycles. The highest BCUT2D eigenvalue weighted by Gasteiger charge is 2.47. The number of aliphatic hydroxyl groups excluding tert-OH is 1. The number of nitrogens with zero attached hydrogens (tertiary/aromatic N) is 2. The van der Waals surface area contributed by atoms with Gasteiger partial charge in [-0.25, -0.2) is 4.68 Å². The molecule has 6 nitrogen and oxygen atoms in total. The molecule has 1 aliphatic heterocycles. The van der Waals surface area contributed by atoms with Crippen LogP contribution >= 0.6 is 0 Å². The fourth-order valence-corrected chi connectivity index (χ4v) is 3.82. The van der Waals surface area contributed by atoms with Crippen LogP contribution in [0.25, 0.3) is 0 Å². The van der Waals surface area contributed by atoms with Crippen LogP contribution in [0.2, 0.25) is 0 Å². The Morgan fingerprint density at radius 2 is 1.97 bits per heavy atom. The molecule has 0 fully saturated rings. The predicted octanol–water partition coefficient (Wildman–Crippen LogP) is 5.16. The van der Waals surface area contributed by atoms with Crippen LogP contribution < -0.4 is 10.6 Å². The second-order valence-corrected chi connectivity index (χ2v) is 8.01. The standard InChI is InChI=1S/C23H23F3N4O2/c1-13-6-8-15(9-7-13)19-11-20(23(24,25)26)30-21(29-19)18(12-27-30)22(32)28-17-5-3-4-16(10-17)14(2)31/h3-10,12,14,19-20,29,31H,11H2,1-2H3,(H,28,32)/t14-,19+,20+/m1/s1. The van der Waals surface area contributed by atoms with Gasteiger partial charge in [0.25, 0.3) is 5.91 Å². The molecule has 3 atom stereocenters. The van der Waals surface area contributed by atoms with Crippen molar-refractivity contribution in [2.24, 2.45) is 0 Å². The van der Waals surface area contributed by atoms with E-state index in [1.54, 1.807) is 43.3 Å². The molecule has 1 amide bonds. The molecule has 0 spiro atoms. The first-order valence-corrected chi connectivity index (χ1v) is 10.2. The number of aryl methyl sites for hydroxylation is 1.